The molecule has 0 aromatic carbocycles. The Bertz CT molecular complexity index is 448. The van der Waals surface area contributed by atoms with Crippen molar-refractivity contribution in [2.75, 3.05) is 11.9 Å². The Hall–Kier alpha value is -1.89. The van der Waals surface area contributed by atoms with Crippen LogP contribution in [0, 0.1) is 19.8 Å². The number of aryl methyl sites for hydroxylation is 2. The van der Waals surface area contributed by atoms with Crippen LogP contribution in [0.15, 0.2) is 0 Å². The molecule has 7 nitrogen and oxygen atoms in total. The molecule has 0 aliphatic heterocycles. The molecule has 1 unspecified atom stereocenters. The molecule has 19 heavy (non-hydrogen) atoms. The molecule has 0 saturated heterocycles. The van der Waals surface area contributed by atoms with Crippen LogP contribution in [0.2, 0.25) is 0 Å². The normalized spacial score (nSPS) is 12.5. The van der Waals surface area contributed by atoms with Crippen LogP contribution in [0.1, 0.15) is 25.2 Å². The molecular weight excluding hydrogens is 248 g/mol. The van der Waals surface area contributed by atoms with Crippen molar-refractivity contribution in [1.29, 1.82) is 0 Å². The predicted octanol–water partition coefficient (Wildman–Crippen LogP) is 0.664. The summed E-state index contributed by atoms with van der Waals surface area (Å²) < 4.78 is 0. The monoisotopic (exact) mass is 268 g/mol. The summed E-state index contributed by atoms with van der Waals surface area (Å²) >= 11 is 0. The van der Waals surface area contributed by atoms with Gasteiger partial charge in [0.05, 0.1) is 23.6 Å². The lowest BCUT2D eigenvalue weighted by molar-refractivity contribution is -0.140. The molecule has 106 valence electrons. The van der Waals surface area contributed by atoms with Gasteiger partial charge in [-0.3, -0.25) is 20.0 Å². The van der Waals surface area contributed by atoms with Crippen molar-refractivity contribution in [2.24, 2.45) is 5.92 Å². The van der Waals surface area contributed by atoms with Crippen LogP contribution < -0.4 is 10.6 Å². The highest BCUT2D eigenvalue weighted by molar-refractivity contribution is 5.93. The molecule has 0 fully saturated rings. The van der Waals surface area contributed by atoms with Gasteiger partial charge in [0.15, 0.2) is 0 Å². The van der Waals surface area contributed by atoms with Crippen LogP contribution >= 0.6 is 0 Å². The van der Waals surface area contributed by atoms with E-state index in [0.717, 1.165) is 5.69 Å². The van der Waals surface area contributed by atoms with Gasteiger partial charge in [-0.1, -0.05) is 13.8 Å². The molecule has 1 rings (SSSR count). The number of hydrogen-bond acceptors (Lipinski definition) is 4. The van der Waals surface area contributed by atoms with Gasteiger partial charge < -0.3 is 10.4 Å². The number of H-pyrrole nitrogens is 1. The van der Waals surface area contributed by atoms with Crippen LogP contribution in [0.3, 0.4) is 0 Å². The minimum absolute atomic E-state index is 0.0563. The summed E-state index contributed by atoms with van der Waals surface area (Å²) in [7, 11) is 0. The minimum atomic E-state index is -0.960. The first-order chi connectivity index (χ1) is 8.82. The van der Waals surface area contributed by atoms with Crippen molar-refractivity contribution in [3.63, 3.8) is 0 Å². The lowest BCUT2D eigenvalue weighted by Crippen LogP contribution is -2.44. The van der Waals surface area contributed by atoms with E-state index in [0.29, 0.717) is 11.4 Å². The zero-order chi connectivity index (χ0) is 14.6. The fraction of sp³-hybridized carbons (Fsp3) is 0.583. The van der Waals surface area contributed by atoms with E-state index in [9.17, 15) is 9.59 Å². The summed E-state index contributed by atoms with van der Waals surface area (Å²) in [5.41, 5.74) is 2.11. The Labute approximate surface area is 111 Å². The average molecular weight is 268 g/mol. The van der Waals surface area contributed by atoms with E-state index in [1.807, 2.05) is 0 Å². The first-order valence-corrected chi connectivity index (χ1v) is 6.10. The molecule has 4 N–H and O–H groups in total. The van der Waals surface area contributed by atoms with Gasteiger partial charge >= 0.3 is 5.97 Å². The molecule has 0 spiro atoms. The van der Waals surface area contributed by atoms with E-state index in [-0.39, 0.29) is 18.4 Å². The number of carboxylic acid groups (broad SMARTS) is 1. The van der Waals surface area contributed by atoms with Gasteiger partial charge in [0.1, 0.15) is 6.04 Å². The van der Waals surface area contributed by atoms with Gasteiger partial charge in [-0.2, -0.15) is 5.10 Å². The largest absolute Gasteiger partial charge is 0.480 e. The lowest BCUT2D eigenvalue weighted by Gasteiger charge is -2.17. The van der Waals surface area contributed by atoms with Crippen molar-refractivity contribution >= 4 is 17.6 Å². The van der Waals surface area contributed by atoms with E-state index < -0.39 is 12.0 Å². The fourth-order valence-corrected chi connectivity index (χ4v) is 1.73. The number of rotatable bonds is 6. The lowest BCUT2D eigenvalue weighted by atomic mass is 10.1. The maximum absolute atomic E-state index is 11.8. The number of carbonyl (C=O) groups is 2. The van der Waals surface area contributed by atoms with Crippen molar-refractivity contribution in [3.05, 3.63) is 11.4 Å². The van der Waals surface area contributed by atoms with E-state index in [4.69, 9.17) is 5.11 Å². The molecule has 1 aromatic rings. The minimum Gasteiger partial charge on any atom is -0.480 e. The molecule has 0 saturated carbocycles. The molecule has 1 heterocycles. The number of nitrogens with one attached hydrogen (secondary N) is 3. The number of aliphatic carboxylic acids is 1. The highest BCUT2D eigenvalue weighted by Gasteiger charge is 2.21. The Balaban J connectivity index is 2.55. The molecule has 0 bridgehead atoms. The van der Waals surface area contributed by atoms with Gasteiger partial charge in [0.25, 0.3) is 0 Å². The van der Waals surface area contributed by atoms with E-state index >= 15 is 0 Å². The van der Waals surface area contributed by atoms with Gasteiger partial charge in [-0.05, 0) is 19.8 Å². The topological polar surface area (TPSA) is 107 Å². The fourth-order valence-electron chi connectivity index (χ4n) is 1.73. The Morgan fingerprint density at radius 3 is 2.42 bits per heavy atom. The number of nitrogens with zero attached hydrogens (tertiary/aromatic N) is 1. The summed E-state index contributed by atoms with van der Waals surface area (Å²) in [5.74, 6) is -1.35. The number of hydrogen-bond donors (Lipinski definition) is 4. The van der Waals surface area contributed by atoms with Crippen molar-refractivity contribution in [1.82, 2.24) is 15.5 Å². The van der Waals surface area contributed by atoms with E-state index in [1.165, 1.54) is 0 Å². The van der Waals surface area contributed by atoms with Crippen molar-refractivity contribution in [3.8, 4) is 0 Å². The second-order valence-corrected chi connectivity index (χ2v) is 4.80. The number of carboxylic acids is 1. The maximum Gasteiger partial charge on any atom is 0.320 e. The average Bonchev–Trinajstić information content (AvgIpc) is 2.60. The Morgan fingerprint density at radius 2 is 2.00 bits per heavy atom. The molecule has 0 radical (unpaired) electrons. The van der Waals surface area contributed by atoms with Crippen molar-refractivity contribution in [2.45, 2.75) is 33.7 Å². The third-order valence-corrected chi connectivity index (χ3v) is 2.81. The third kappa shape index (κ3) is 4.06. The summed E-state index contributed by atoms with van der Waals surface area (Å²) in [6, 6.07) is -0.739. The second kappa shape index (κ2) is 6.33. The molecule has 0 aliphatic carbocycles. The first-order valence-electron chi connectivity index (χ1n) is 6.10. The number of aromatic amines is 1. The zero-order valence-electron chi connectivity index (χ0n) is 11.6. The number of amides is 1. The maximum atomic E-state index is 11.8. The molecule has 1 aromatic heterocycles. The summed E-state index contributed by atoms with van der Waals surface area (Å²) in [4.78, 5) is 22.7. The van der Waals surface area contributed by atoms with Crippen LogP contribution in [-0.2, 0) is 9.59 Å². The second-order valence-electron chi connectivity index (χ2n) is 4.80. The molecule has 1 amide bonds. The number of carbonyl (C=O) groups excluding carboxylic acids is 1. The quantitative estimate of drug-likeness (QED) is 0.606. The van der Waals surface area contributed by atoms with E-state index in [1.54, 1.807) is 27.7 Å². The van der Waals surface area contributed by atoms with Crippen LogP contribution in [0.4, 0.5) is 5.69 Å². The summed E-state index contributed by atoms with van der Waals surface area (Å²) in [6.45, 7) is 7.10. The van der Waals surface area contributed by atoms with Gasteiger partial charge in [-0.25, -0.2) is 0 Å². The zero-order valence-corrected chi connectivity index (χ0v) is 11.6. The Morgan fingerprint density at radius 1 is 1.37 bits per heavy atom. The highest BCUT2D eigenvalue weighted by Crippen LogP contribution is 2.15. The van der Waals surface area contributed by atoms with Crippen LogP contribution in [0.5, 0.6) is 0 Å². The molecule has 1 atom stereocenters. The summed E-state index contributed by atoms with van der Waals surface area (Å²) in [6.07, 6.45) is 0. The van der Waals surface area contributed by atoms with Gasteiger partial charge in [0.2, 0.25) is 5.91 Å². The van der Waals surface area contributed by atoms with E-state index in [2.05, 4.69) is 20.8 Å². The molecular formula is C12H20N4O3. The van der Waals surface area contributed by atoms with Crippen molar-refractivity contribution < 1.29 is 14.7 Å². The van der Waals surface area contributed by atoms with Crippen LogP contribution in [0.25, 0.3) is 0 Å². The molecule has 0 aliphatic rings. The summed E-state index contributed by atoms with van der Waals surface area (Å²) in [5, 5.41) is 21.2. The van der Waals surface area contributed by atoms with Gasteiger partial charge in [-0.15, -0.1) is 0 Å². The molecule has 7 heteroatoms. The predicted molar refractivity (Wildman–Crippen MR) is 71.0 cm³/mol. The standard InChI is InChI=1S/C12H20N4O3/c1-6(2)10(12(18)19)13-5-9(17)14-11-7(3)15-16-8(11)4/h6,10,13H,5H2,1-4H3,(H,14,17)(H,15,16)(H,18,19). The Kier molecular flexibility index (Phi) is 5.05. The van der Waals surface area contributed by atoms with Gasteiger partial charge in [0, 0.05) is 0 Å². The smallest absolute Gasteiger partial charge is 0.320 e. The first kappa shape index (κ1) is 15.2. The number of aromatic nitrogens is 2. The third-order valence-electron chi connectivity index (χ3n) is 2.81. The SMILES string of the molecule is Cc1n[nH]c(C)c1NC(=O)CNC(C(=O)O)C(C)C. The highest BCUT2D eigenvalue weighted by atomic mass is 16.4. The van der Waals surface area contributed by atoms with Crippen LogP contribution in [-0.4, -0.2) is 39.8 Å². The number of anilines is 1.